The molecule has 1 N–H and O–H groups in total. The van der Waals surface area contributed by atoms with Gasteiger partial charge in [0.25, 0.3) is 0 Å². The quantitative estimate of drug-likeness (QED) is 0.745. The van der Waals surface area contributed by atoms with E-state index in [-0.39, 0.29) is 12.3 Å². The van der Waals surface area contributed by atoms with E-state index in [0.29, 0.717) is 17.2 Å². The van der Waals surface area contributed by atoms with Gasteiger partial charge in [-0.25, -0.2) is 9.37 Å². The van der Waals surface area contributed by atoms with Crippen LogP contribution in [0.25, 0.3) is 5.65 Å². The number of nitrogens with zero attached hydrogens (tertiary/aromatic N) is 4. The van der Waals surface area contributed by atoms with Crippen LogP contribution in [0.4, 0.5) is 15.9 Å². The minimum atomic E-state index is -0.421. The van der Waals surface area contributed by atoms with Crippen molar-refractivity contribution in [1.82, 2.24) is 9.38 Å². The van der Waals surface area contributed by atoms with E-state index in [1.807, 2.05) is 0 Å². The van der Waals surface area contributed by atoms with E-state index >= 15 is 0 Å². The lowest BCUT2D eigenvalue weighted by Gasteiger charge is -1.99. The monoisotopic (exact) mass is 284 g/mol. The number of imidazole rings is 1. The molecule has 2 heterocycles. The Kier molecular flexibility index (Phi) is 3.45. The van der Waals surface area contributed by atoms with Gasteiger partial charge in [-0.15, -0.1) is 10.2 Å². The molecule has 0 saturated carbocycles. The summed E-state index contributed by atoms with van der Waals surface area (Å²) in [5.41, 5.74) is 2.30. The summed E-state index contributed by atoms with van der Waals surface area (Å²) in [4.78, 5) is 4.36. The number of rotatable bonds is 3. The molecule has 0 aliphatic carbocycles. The van der Waals surface area contributed by atoms with Gasteiger partial charge in [-0.05, 0) is 36.8 Å². The molecule has 0 saturated heterocycles. The molecular formula is C15H13FN4O. The van der Waals surface area contributed by atoms with Crippen molar-refractivity contribution in [3.05, 3.63) is 59.7 Å². The number of pyridine rings is 1. The van der Waals surface area contributed by atoms with Crippen LogP contribution in [0, 0.1) is 12.7 Å². The Morgan fingerprint density at radius 1 is 1.24 bits per heavy atom. The van der Waals surface area contributed by atoms with Crippen molar-refractivity contribution >= 4 is 17.2 Å². The van der Waals surface area contributed by atoms with E-state index in [0.717, 1.165) is 5.56 Å². The third-order valence-electron chi connectivity index (χ3n) is 3.12. The number of hydrogen-bond acceptors (Lipinski definition) is 4. The summed E-state index contributed by atoms with van der Waals surface area (Å²) >= 11 is 0. The van der Waals surface area contributed by atoms with Gasteiger partial charge in [0.1, 0.15) is 11.3 Å². The average Bonchev–Trinajstić information content (AvgIpc) is 2.81. The molecule has 0 fully saturated rings. The van der Waals surface area contributed by atoms with Gasteiger partial charge in [-0.3, -0.25) is 4.40 Å². The van der Waals surface area contributed by atoms with E-state index in [2.05, 4.69) is 15.2 Å². The fourth-order valence-electron chi connectivity index (χ4n) is 2.04. The second-order valence-corrected chi connectivity index (χ2v) is 4.59. The maximum absolute atomic E-state index is 13.5. The first kappa shape index (κ1) is 13.4. The van der Waals surface area contributed by atoms with Crippen LogP contribution in [0.2, 0.25) is 0 Å². The summed E-state index contributed by atoms with van der Waals surface area (Å²) in [7, 11) is 0. The zero-order valence-electron chi connectivity index (χ0n) is 11.4. The largest absolute Gasteiger partial charge is 0.392 e. The molecule has 0 atom stereocenters. The molecule has 2 aromatic heterocycles. The molecule has 0 amide bonds. The first-order valence-corrected chi connectivity index (χ1v) is 6.44. The van der Waals surface area contributed by atoms with Crippen molar-refractivity contribution in [3.63, 3.8) is 0 Å². The van der Waals surface area contributed by atoms with Crippen LogP contribution in [-0.2, 0) is 6.61 Å². The van der Waals surface area contributed by atoms with Gasteiger partial charge in [0.05, 0.1) is 12.3 Å². The molecular weight excluding hydrogens is 271 g/mol. The predicted octanol–water partition coefficient (Wildman–Crippen LogP) is 3.69. The molecule has 1 aromatic carbocycles. The van der Waals surface area contributed by atoms with Gasteiger partial charge in [0, 0.05) is 6.20 Å². The molecule has 0 radical (unpaired) electrons. The first-order chi connectivity index (χ1) is 10.2. The standard InChI is InChI=1S/C15H13FN4O/c1-10-15(19-18-13-5-3-2-4-12(13)16)20-7-6-11(9-21)8-14(20)17-10/h2-8,21H,9H2,1H3. The molecule has 0 aliphatic heterocycles. The average molecular weight is 284 g/mol. The SMILES string of the molecule is Cc1nc2cc(CO)ccn2c1N=Nc1ccccc1F. The Balaban J connectivity index is 2.05. The fourth-order valence-corrected chi connectivity index (χ4v) is 2.04. The summed E-state index contributed by atoms with van der Waals surface area (Å²) in [6, 6.07) is 9.74. The number of aromatic nitrogens is 2. The van der Waals surface area contributed by atoms with Crippen LogP contribution in [0.15, 0.2) is 52.8 Å². The minimum absolute atomic E-state index is 0.0471. The zero-order valence-corrected chi connectivity index (χ0v) is 11.4. The van der Waals surface area contributed by atoms with Crippen LogP contribution < -0.4 is 0 Å². The summed E-state index contributed by atoms with van der Waals surface area (Å²) < 4.78 is 15.3. The molecule has 3 aromatic rings. The van der Waals surface area contributed by atoms with E-state index in [9.17, 15) is 4.39 Å². The van der Waals surface area contributed by atoms with Crippen molar-refractivity contribution in [2.45, 2.75) is 13.5 Å². The molecule has 3 rings (SSSR count). The fraction of sp³-hybridized carbons (Fsp3) is 0.133. The van der Waals surface area contributed by atoms with E-state index < -0.39 is 5.82 Å². The van der Waals surface area contributed by atoms with Crippen molar-refractivity contribution in [2.24, 2.45) is 10.2 Å². The van der Waals surface area contributed by atoms with E-state index in [4.69, 9.17) is 5.11 Å². The lowest BCUT2D eigenvalue weighted by Crippen LogP contribution is -1.88. The van der Waals surface area contributed by atoms with Crippen molar-refractivity contribution in [3.8, 4) is 0 Å². The molecule has 0 aliphatic rings. The summed E-state index contributed by atoms with van der Waals surface area (Å²) in [6.45, 7) is 1.76. The third-order valence-corrected chi connectivity index (χ3v) is 3.12. The van der Waals surface area contributed by atoms with Crippen LogP contribution in [-0.4, -0.2) is 14.5 Å². The maximum Gasteiger partial charge on any atom is 0.182 e. The van der Waals surface area contributed by atoms with Crippen molar-refractivity contribution < 1.29 is 9.50 Å². The minimum Gasteiger partial charge on any atom is -0.392 e. The predicted molar refractivity (Wildman–Crippen MR) is 76.4 cm³/mol. The Morgan fingerprint density at radius 2 is 2.05 bits per heavy atom. The van der Waals surface area contributed by atoms with Crippen LogP contribution in [0.5, 0.6) is 0 Å². The zero-order chi connectivity index (χ0) is 14.8. The molecule has 21 heavy (non-hydrogen) atoms. The van der Waals surface area contributed by atoms with Gasteiger partial charge >= 0.3 is 0 Å². The molecule has 0 spiro atoms. The Hall–Kier alpha value is -2.60. The Labute approximate surface area is 120 Å². The Morgan fingerprint density at radius 3 is 2.81 bits per heavy atom. The van der Waals surface area contributed by atoms with Gasteiger partial charge in [0.2, 0.25) is 0 Å². The number of azo groups is 1. The van der Waals surface area contributed by atoms with Crippen LogP contribution >= 0.6 is 0 Å². The number of aryl methyl sites for hydroxylation is 1. The number of hydrogen-bond donors (Lipinski definition) is 1. The van der Waals surface area contributed by atoms with Crippen LogP contribution in [0.3, 0.4) is 0 Å². The van der Waals surface area contributed by atoms with E-state index in [1.165, 1.54) is 6.07 Å². The second kappa shape index (κ2) is 5.41. The summed E-state index contributed by atoms with van der Waals surface area (Å²) in [6.07, 6.45) is 1.76. The second-order valence-electron chi connectivity index (χ2n) is 4.59. The third kappa shape index (κ3) is 2.53. The van der Waals surface area contributed by atoms with Gasteiger partial charge in [-0.1, -0.05) is 12.1 Å². The normalized spacial score (nSPS) is 11.6. The highest BCUT2D eigenvalue weighted by atomic mass is 19.1. The highest BCUT2D eigenvalue weighted by molar-refractivity contribution is 5.53. The summed E-state index contributed by atoms with van der Waals surface area (Å²) in [5, 5.41) is 17.2. The lowest BCUT2D eigenvalue weighted by molar-refractivity contribution is 0.282. The highest BCUT2D eigenvalue weighted by Gasteiger charge is 2.09. The molecule has 0 bridgehead atoms. The van der Waals surface area contributed by atoms with Crippen LogP contribution in [0.1, 0.15) is 11.3 Å². The molecule has 0 unspecified atom stereocenters. The highest BCUT2D eigenvalue weighted by Crippen LogP contribution is 2.25. The lowest BCUT2D eigenvalue weighted by atomic mass is 10.3. The summed E-state index contributed by atoms with van der Waals surface area (Å²) in [5.74, 6) is 0.119. The van der Waals surface area contributed by atoms with Crippen molar-refractivity contribution in [2.75, 3.05) is 0 Å². The first-order valence-electron chi connectivity index (χ1n) is 6.44. The van der Waals surface area contributed by atoms with E-state index in [1.54, 1.807) is 47.9 Å². The number of halogens is 1. The van der Waals surface area contributed by atoms with Crippen molar-refractivity contribution in [1.29, 1.82) is 0 Å². The number of fused-ring (bicyclic) bond motifs is 1. The van der Waals surface area contributed by atoms with Gasteiger partial charge < -0.3 is 5.11 Å². The number of benzene rings is 1. The topological polar surface area (TPSA) is 62.2 Å². The molecule has 5 nitrogen and oxygen atoms in total. The molecule has 6 heteroatoms. The van der Waals surface area contributed by atoms with Gasteiger partial charge in [-0.2, -0.15) is 0 Å². The number of aliphatic hydroxyl groups excluding tert-OH is 1. The van der Waals surface area contributed by atoms with Gasteiger partial charge in [0.15, 0.2) is 11.6 Å². The number of aliphatic hydroxyl groups is 1. The maximum atomic E-state index is 13.5. The molecule has 106 valence electrons. The smallest absolute Gasteiger partial charge is 0.182 e. The Bertz CT molecular complexity index is 826.